The second-order valence-corrected chi connectivity index (χ2v) is 7.06. The van der Waals surface area contributed by atoms with Crippen LogP contribution < -0.4 is 0 Å². The van der Waals surface area contributed by atoms with Gasteiger partial charge in [0.05, 0.1) is 12.2 Å². The van der Waals surface area contributed by atoms with Gasteiger partial charge in [-0.1, -0.05) is 0 Å². The number of sulfone groups is 1. The van der Waals surface area contributed by atoms with Crippen LogP contribution in [0.4, 0.5) is 13.2 Å². The van der Waals surface area contributed by atoms with Crippen LogP contribution >= 0.6 is 0 Å². The summed E-state index contributed by atoms with van der Waals surface area (Å²) < 4.78 is 64.5. The third-order valence-electron chi connectivity index (χ3n) is 2.78. The first-order chi connectivity index (χ1) is 9.44. The van der Waals surface area contributed by atoms with Crippen molar-refractivity contribution in [1.82, 2.24) is 4.98 Å². The summed E-state index contributed by atoms with van der Waals surface area (Å²) in [5.41, 5.74) is -1.07. The molecular weight excluding hydrogens is 311 g/mol. The van der Waals surface area contributed by atoms with E-state index >= 15 is 0 Å². The highest BCUT2D eigenvalue weighted by molar-refractivity contribution is 7.93. The molecule has 5 nitrogen and oxygen atoms in total. The lowest BCUT2D eigenvalue weighted by Crippen LogP contribution is -2.42. The summed E-state index contributed by atoms with van der Waals surface area (Å²) in [6.07, 6.45) is -4.21. The van der Waals surface area contributed by atoms with Gasteiger partial charge in [0.1, 0.15) is 0 Å². The van der Waals surface area contributed by atoms with Crippen molar-refractivity contribution in [2.24, 2.45) is 0 Å². The average molecular weight is 325 g/mol. The maximum Gasteiger partial charge on any atom is 0.417 e. The van der Waals surface area contributed by atoms with Crippen LogP contribution in [0.15, 0.2) is 23.4 Å². The van der Waals surface area contributed by atoms with Gasteiger partial charge >= 0.3 is 12.1 Å². The Hall–Kier alpha value is -1.64. The van der Waals surface area contributed by atoms with Crippen molar-refractivity contribution >= 4 is 15.8 Å². The van der Waals surface area contributed by atoms with Gasteiger partial charge < -0.3 is 4.74 Å². The molecule has 0 radical (unpaired) electrons. The van der Waals surface area contributed by atoms with Gasteiger partial charge in [0.2, 0.25) is 9.84 Å². The Morgan fingerprint density at radius 1 is 1.29 bits per heavy atom. The number of rotatable bonds is 4. The number of hydrogen-bond acceptors (Lipinski definition) is 5. The lowest BCUT2D eigenvalue weighted by Gasteiger charge is -2.22. The number of halogens is 3. The summed E-state index contributed by atoms with van der Waals surface area (Å²) in [6.45, 7) is 3.72. The second-order valence-electron chi connectivity index (χ2n) is 4.62. The van der Waals surface area contributed by atoms with Crippen molar-refractivity contribution in [1.29, 1.82) is 0 Å². The largest absolute Gasteiger partial charge is 0.465 e. The predicted octanol–water partition coefficient (Wildman–Crippen LogP) is 2.22. The number of nitrogens with zero attached hydrogens (tertiary/aromatic N) is 1. The van der Waals surface area contributed by atoms with Gasteiger partial charge in [0.15, 0.2) is 9.77 Å². The number of esters is 1. The molecule has 0 N–H and O–H groups in total. The van der Waals surface area contributed by atoms with Crippen molar-refractivity contribution in [3.05, 3.63) is 23.9 Å². The van der Waals surface area contributed by atoms with Crippen molar-refractivity contribution in [3.8, 4) is 0 Å². The van der Waals surface area contributed by atoms with Gasteiger partial charge in [0.25, 0.3) is 0 Å². The summed E-state index contributed by atoms with van der Waals surface area (Å²) in [7, 11) is -4.28. The zero-order valence-corrected chi connectivity index (χ0v) is 12.4. The standard InChI is InChI=1S/C12H14F3NO4S/c1-4-20-10(17)11(2,3)21(18,19)9-6-5-8(7-16-9)12(13,14)15/h5-7H,4H2,1-3H3. The van der Waals surface area contributed by atoms with Crippen LogP contribution in [-0.4, -0.2) is 30.7 Å². The van der Waals surface area contributed by atoms with Gasteiger partial charge in [-0.05, 0) is 32.9 Å². The van der Waals surface area contributed by atoms with E-state index in [0.29, 0.717) is 12.3 Å². The molecular formula is C12H14F3NO4S. The first-order valence-corrected chi connectivity index (χ1v) is 7.38. The van der Waals surface area contributed by atoms with Crippen molar-refractivity contribution < 1.29 is 31.1 Å². The second kappa shape index (κ2) is 5.63. The van der Waals surface area contributed by atoms with Gasteiger partial charge in [-0.3, -0.25) is 4.79 Å². The maximum absolute atomic E-state index is 12.4. The van der Waals surface area contributed by atoms with Gasteiger partial charge in [-0.15, -0.1) is 0 Å². The molecule has 0 saturated carbocycles. The first kappa shape index (κ1) is 17.4. The number of alkyl halides is 3. The zero-order chi connectivity index (χ0) is 16.5. The van der Waals surface area contributed by atoms with E-state index in [-0.39, 0.29) is 6.61 Å². The SMILES string of the molecule is CCOC(=O)C(C)(C)S(=O)(=O)c1ccc(C(F)(F)F)cn1. The Kier molecular flexibility index (Phi) is 4.66. The van der Waals surface area contributed by atoms with Crippen molar-refractivity contribution in [2.75, 3.05) is 6.61 Å². The summed E-state index contributed by atoms with van der Waals surface area (Å²) >= 11 is 0. The molecule has 0 spiro atoms. The molecule has 0 aliphatic carbocycles. The quantitative estimate of drug-likeness (QED) is 0.794. The van der Waals surface area contributed by atoms with E-state index in [1.165, 1.54) is 6.92 Å². The molecule has 0 amide bonds. The van der Waals surface area contributed by atoms with Gasteiger partial charge in [0, 0.05) is 6.20 Å². The molecule has 1 aromatic heterocycles. The Bertz CT molecular complexity index is 621. The van der Waals surface area contributed by atoms with E-state index < -0.39 is 37.3 Å². The molecule has 1 rings (SSSR count). The van der Waals surface area contributed by atoms with Crippen molar-refractivity contribution in [3.63, 3.8) is 0 Å². The number of pyridine rings is 1. The monoisotopic (exact) mass is 325 g/mol. The Morgan fingerprint density at radius 3 is 2.24 bits per heavy atom. The van der Waals surface area contributed by atoms with E-state index in [1.807, 2.05) is 0 Å². The average Bonchev–Trinajstić information content (AvgIpc) is 2.37. The normalized spacial score (nSPS) is 13.0. The Balaban J connectivity index is 3.23. The molecule has 0 aromatic carbocycles. The van der Waals surface area contributed by atoms with Crippen LogP contribution in [0.1, 0.15) is 26.3 Å². The maximum atomic E-state index is 12.4. The number of hydrogen-bond donors (Lipinski definition) is 0. The third-order valence-corrected chi connectivity index (χ3v) is 5.08. The fraction of sp³-hybridized carbons (Fsp3) is 0.500. The minimum absolute atomic E-state index is 0.0157. The highest BCUT2D eigenvalue weighted by atomic mass is 32.2. The van der Waals surface area contributed by atoms with Crippen LogP contribution in [0.25, 0.3) is 0 Å². The Labute approximate surface area is 120 Å². The molecule has 0 bridgehead atoms. The number of carbonyl (C=O) groups excluding carboxylic acids is 1. The Morgan fingerprint density at radius 2 is 1.86 bits per heavy atom. The first-order valence-electron chi connectivity index (χ1n) is 5.89. The molecule has 0 unspecified atom stereocenters. The van der Waals surface area contributed by atoms with E-state index in [4.69, 9.17) is 0 Å². The molecule has 118 valence electrons. The fourth-order valence-electron chi connectivity index (χ4n) is 1.38. The molecule has 21 heavy (non-hydrogen) atoms. The van der Waals surface area contributed by atoms with Crippen LogP contribution in [0.2, 0.25) is 0 Å². The van der Waals surface area contributed by atoms with Crippen LogP contribution in [0, 0.1) is 0 Å². The summed E-state index contributed by atoms with van der Waals surface area (Å²) in [5, 5.41) is -0.617. The molecule has 9 heteroatoms. The third kappa shape index (κ3) is 3.34. The lowest BCUT2D eigenvalue weighted by atomic mass is 10.2. The summed E-state index contributed by atoms with van der Waals surface area (Å²) in [5.74, 6) is -0.994. The smallest absolute Gasteiger partial charge is 0.417 e. The van der Waals surface area contributed by atoms with Gasteiger partial charge in [-0.2, -0.15) is 13.2 Å². The highest BCUT2D eigenvalue weighted by Crippen LogP contribution is 2.30. The minimum Gasteiger partial charge on any atom is -0.465 e. The van der Waals surface area contributed by atoms with Crippen LogP contribution in [-0.2, 0) is 25.5 Å². The zero-order valence-electron chi connectivity index (χ0n) is 11.6. The molecule has 0 aliphatic heterocycles. The summed E-state index contributed by atoms with van der Waals surface area (Å²) in [6, 6.07) is 1.32. The number of aromatic nitrogens is 1. The molecule has 1 aromatic rings. The molecule has 0 aliphatic rings. The number of carbonyl (C=O) groups is 1. The lowest BCUT2D eigenvalue weighted by molar-refractivity contribution is -0.145. The molecule has 0 saturated heterocycles. The van der Waals surface area contributed by atoms with Crippen LogP contribution in [0.3, 0.4) is 0 Å². The molecule has 1 heterocycles. The summed E-state index contributed by atoms with van der Waals surface area (Å²) in [4.78, 5) is 15.0. The van der Waals surface area contributed by atoms with Gasteiger partial charge in [-0.25, -0.2) is 13.4 Å². The number of ether oxygens (including phenoxy) is 1. The van der Waals surface area contributed by atoms with E-state index in [1.54, 1.807) is 0 Å². The van der Waals surface area contributed by atoms with E-state index in [0.717, 1.165) is 19.9 Å². The fourth-order valence-corrected chi connectivity index (χ4v) is 2.62. The highest BCUT2D eigenvalue weighted by Gasteiger charge is 2.45. The molecule has 0 atom stereocenters. The van der Waals surface area contributed by atoms with E-state index in [9.17, 15) is 26.4 Å². The van der Waals surface area contributed by atoms with Crippen molar-refractivity contribution in [2.45, 2.75) is 36.7 Å². The minimum atomic E-state index is -4.62. The predicted molar refractivity (Wildman–Crippen MR) is 67.1 cm³/mol. The van der Waals surface area contributed by atoms with E-state index in [2.05, 4.69) is 9.72 Å². The topological polar surface area (TPSA) is 73.3 Å². The molecule has 0 fully saturated rings. The van der Waals surface area contributed by atoms with Crippen LogP contribution in [0.5, 0.6) is 0 Å².